The molecule has 0 aliphatic carbocycles. The summed E-state index contributed by atoms with van der Waals surface area (Å²) >= 11 is 0. The minimum atomic E-state index is -0.355. The van der Waals surface area contributed by atoms with Gasteiger partial charge in [0.2, 0.25) is 5.43 Å². The topological polar surface area (TPSA) is 78.1 Å². The zero-order valence-corrected chi connectivity index (χ0v) is 12.6. The molecule has 0 amide bonds. The van der Waals surface area contributed by atoms with Crippen LogP contribution in [0.15, 0.2) is 45.8 Å². The number of phenols is 1. The molecular formula is C18H12O6. The van der Waals surface area contributed by atoms with Crippen LogP contribution in [0, 0.1) is 0 Å². The van der Waals surface area contributed by atoms with Crippen LogP contribution >= 0.6 is 0 Å². The zero-order chi connectivity index (χ0) is 16.4. The Morgan fingerprint density at radius 2 is 2.12 bits per heavy atom. The van der Waals surface area contributed by atoms with Gasteiger partial charge in [-0.3, -0.25) is 4.79 Å². The number of methoxy groups -OCH3 is 1. The summed E-state index contributed by atoms with van der Waals surface area (Å²) in [5, 5.41) is 10.5. The Labute approximate surface area is 135 Å². The fourth-order valence-corrected chi connectivity index (χ4v) is 3.41. The maximum atomic E-state index is 13.0. The van der Waals surface area contributed by atoms with Crippen molar-refractivity contribution in [1.29, 1.82) is 0 Å². The van der Waals surface area contributed by atoms with Crippen molar-refractivity contribution in [1.82, 2.24) is 0 Å². The van der Waals surface area contributed by atoms with Gasteiger partial charge in [-0.2, -0.15) is 0 Å². The molecule has 1 aromatic heterocycles. The predicted molar refractivity (Wildman–Crippen MR) is 85.6 cm³/mol. The molecule has 3 heterocycles. The highest BCUT2D eigenvalue weighted by atomic mass is 16.6. The summed E-state index contributed by atoms with van der Waals surface area (Å²) in [5.74, 6) is 0.784. The molecule has 2 aromatic carbocycles. The molecule has 6 heteroatoms. The van der Waals surface area contributed by atoms with Crippen LogP contribution in [0.25, 0.3) is 21.9 Å². The first kappa shape index (κ1) is 13.3. The second-order valence-corrected chi connectivity index (χ2v) is 5.74. The number of rotatable bonds is 1. The lowest BCUT2D eigenvalue weighted by atomic mass is 10.0. The first-order valence-corrected chi connectivity index (χ1v) is 7.47. The molecule has 0 saturated carbocycles. The molecule has 24 heavy (non-hydrogen) atoms. The summed E-state index contributed by atoms with van der Waals surface area (Å²) in [6.07, 6.45) is 2.79. The normalized spacial score (nSPS) is 20.7. The van der Waals surface area contributed by atoms with Crippen LogP contribution in [0.1, 0.15) is 11.7 Å². The summed E-state index contributed by atoms with van der Waals surface area (Å²) in [4.78, 5) is 13.0. The average molecular weight is 324 g/mol. The van der Waals surface area contributed by atoms with E-state index in [-0.39, 0.29) is 34.2 Å². The van der Waals surface area contributed by atoms with Crippen LogP contribution in [-0.4, -0.2) is 18.3 Å². The van der Waals surface area contributed by atoms with E-state index in [0.717, 1.165) is 0 Å². The van der Waals surface area contributed by atoms with Gasteiger partial charge >= 0.3 is 0 Å². The zero-order valence-electron chi connectivity index (χ0n) is 12.6. The van der Waals surface area contributed by atoms with Gasteiger partial charge in [-0.25, -0.2) is 0 Å². The molecule has 1 N–H and O–H groups in total. The van der Waals surface area contributed by atoms with E-state index in [1.165, 1.54) is 13.2 Å². The van der Waals surface area contributed by atoms with E-state index < -0.39 is 0 Å². The first-order valence-electron chi connectivity index (χ1n) is 7.47. The Balaban J connectivity index is 1.98. The highest BCUT2D eigenvalue weighted by Gasteiger charge is 2.41. The molecule has 0 radical (unpaired) electrons. The van der Waals surface area contributed by atoms with E-state index in [4.69, 9.17) is 18.6 Å². The van der Waals surface area contributed by atoms with Gasteiger partial charge < -0.3 is 23.7 Å². The smallest absolute Gasteiger partial charge is 0.208 e. The SMILES string of the molecule is COc1cc2c(c3oc4cccc(O)c4c(=O)c13)[C@@H]1OC=C[C@@H]1O2. The molecule has 120 valence electrons. The van der Waals surface area contributed by atoms with Gasteiger partial charge in [0.25, 0.3) is 0 Å². The number of benzene rings is 2. The minimum Gasteiger partial charge on any atom is -0.507 e. The third-order valence-electron chi connectivity index (χ3n) is 4.48. The third kappa shape index (κ3) is 1.52. The van der Waals surface area contributed by atoms with Crippen molar-refractivity contribution in [3.05, 3.63) is 52.4 Å². The Bertz CT molecular complexity index is 1090. The molecule has 2 aliphatic heterocycles. The maximum Gasteiger partial charge on any atom is 0.208 e. The molecule has 2 atom stereocenters. The van der Waals surface area contributed by atoms with Crippen LogP contribution in [-0.2, 0) is 4.74 Å². The van der Waals surface area contributed by atoms with E-state index in [2.05, 4.69) is 0 Å². The first-order chi connectivity index (χ1) is 11.7. The van der Waals surface area contributed by atoms with Crippen LogP contribution < -0.4 is 14.9 Å². The summed E-state index contributed by atoms with van der Waals surface area (Å²) in [5.41, 5.74) is 1.00. The van der Waals surface area contributed by atoms with Gasteiger partial charge in [0.15, 0.2) is 17.8 Å². The third-order valence-corrected chi connectivity index (χ3v) is 4.48. The lowest BCUT2D eigenvalue weighted by Crippen LogP contribution is -2.12. The van der Waals surface area contributed by atoms with Crippen molar-refractivity contribution in [2.75, 3.05) is 7.11 Å². The average Bonchev–Trinajstić information content (AvgIpc) is 3.14. The Kier molecular flexibility index (Phi) is 2.46. The highest BCUT2D eigenvalue weighted by molar-refractivity contribution is 5.98. The Hall–Kier alpha value is -3.15. The molecule has 0 saturated heterocycles. The van der Waals surface area contributed by atoms with Gasteiger partial charge in [0.05, 0.1) is 18.9 Å². The lowest BCUT2D eigenvalue weighted by Gasteiger charge is -2.12. The van der Waals surface area contributed by atoms with Crippen molar-refractivity contribution in [3.8, 4) is 17.2 Å². The quantitative estimate of drug-likeness (QED) is 0.693. The van der Waals surface area contributed by atoms with E-state index in [1.54, 1.807) is 24.5 Å². The Morgan fingerprint density at radius 3 is 2.96 bits per heavy atom. The molecule has 0 fully saturated rings. The number of hydrogen-bond donors (Lipinski definition) is 1. The molecule has 0 spiro atoms. The second kappa shape index (κ2) is 4.44. The van der Waals surface area contributed by atoms with Gasteiger partial charge in [0.1, 0.15) is 33.6 Å². The summed E-state index contributed by atoms with van der Waals surface area (Å²) < 4.78 is 22.8. The lowest BCUT2D eigenvalue weighted by molar-refractivity contribution is 0.109. The van der Waals surface area contributed by atoms with Crippen molar-refractivity contribution in [3.63, 3.8) is 0 Å². The number of aromatic hydroxyl groups is 1. The van der Waals surface area contributed by atoms with E-state index in [0.29, 0.717) is 28.2 Å². The molecule has 3 aromatic rings. The van der Waals surface area contributed by atoms with Crippen molar-refractivity contribution < 1.29 is 23.7 Å². The van der Waals surface area contributed by atoms with Gasteiger partial charge in [0, 0.05) is 6.07 Å². The summed E-state index contributed by atoms with van der Waals surface area (Å²) in [7, 11) is 1.47. The van der Waals surface area contributed by atoms with Gasteiger partial charge in [-0.15, -0.1) is 0 Å². The van der Waals surface area contributed by atoms with Crippen LogP contribution in [0.4, 0.5) is 0 Å². The fraction of sp³-hybridized carbons (Fsp3) is 0.167. The standard InChI is InChI=1S/C18H12O6/c1-21-11-7-12-15(17-10(23-12)5-6-22-17)18-14(11)16(20)13-8(19)3-2-4-9(13)24-18/h2-7,10,17,19H,1H3/t10-,17+/m0/s1. The number of hydrogen-bond acceptors (Lipinski definition) is 6. The van der Waals surface area contributed by atoms with Gasteiger partial charge in [-0.1, -0.05) is 6.07 Å². The number of phenolic OH excluding ortho intramolecular Hbond substituents is 1. The monoisotopic (exact) mass is 324 g/mol. The van der Waals surface area contributed by atoms with E-state index in [9.17, 15) is 9.90 Å². The predicted octanol–water partition coefficient (Wildman–Crippen LogP) is 3.01. The van der Waals surface area contributed by atoms with Crippen LogP contribution in [0.5, 0.6) is 17.2 Å². The molecule has 6 nitrogen and oxygen atoms in total. The molecule has 0 unspecified atom stereocenters. The minimum absolute atomic E-state index is 0.126. The van der Waals surface area contributed by atoms with Crippen molar-refractivity contribution in [2.24, 2.45) is 0 Å². The van der Waals surface area contributed by atoms with Crippen molar-refractivity contribution >= 4 is 21.9 Å². The van der Waals surface area contributed by atoms with Crippen LogP contribution in [0.3, 0.4) is 0 Å². The van der Waals surface area contributed by atoms with Gasteiger partial charge in [-0.05, 0) is 18.2 Å². The second-order valence-electron chi connectivity index (χ2n) is 5.74. The highest BCUT2D eigenvalue weighted by Crippen LogP contribution is 2.48. The fourth-order valence-electron chi connectivity index (χ4n) is 3.41. The van der Waals surface area contributed by atoms with Crippen molar-refractivity contribution in [2.45, 2.75) is 12.2 Å². The molecule has 0 bridgehead atoms. The van der Waals surface area contributed by atoms with E-state index in [1.807, 2.05) is 6.08 Å². The molecule has 5 rings (SSSR count). The van der Waals surface area contributed by atoms with Crippen LogP contribution in [0.2, 0.25) is 0 Å². The Morgan fingerprint density at radius 1 is 1.25 bits per heavy atom. The number of ether oxygens (including phenoxy) is 3. The summed E-state index contributed by atoms with van der Waals surface area (Å²) in [6, 6.07) is 6.38. The number of fused-ring (bicyclic) bond motifs is 6. The molecular weight excluding hydrogens is 312 g/mol. The summed E-state index contributed by atoms with van der Waals surface area (Å²) in [6.45, 7) is 0. The van der Waals surface area contributed by atoms with E-state index >= 15 is 0 Å². The largest absolute Gasteiger partial charge is 0.507 e. The molecule has 2 aliphatic rings. The maximum absolute atomic E-state index is 13.0.